The Kier molecular flexibility index (Phi) is 6.05. The van der Waals surface area contributed by atoms with Gasteiger partial charge in [0.1, 0.15) is 0 Å². The normalized spacial score (nSPS) is 19.5. The van der Waals surface area contributed by atoms with Gasteiger partial charge in [0, 0.05) is 18.5 Å². The van der Waals surface area contributed by atoms with E-state index in [9.17, 15) is 4.79 Å². The summed E-state index contributed by atoms with van der Waals surface area (Å²) in [4.78, 5) is 14.3. The van der Waals surface area contributed by atoms with Crippen molar-refractivity contribution in [1.29, 1.82) is 0 Å². The van der Waals surface area contributed by atoms with Gasteiger partial charge in [0.2, 0.25) is 5.91 Å². The Morgan fingerprint density at radius 2 is 1.89 bits per heavy atom. The summed E-state index contributed by atoms with van der Waals surface area (Å²) in [5.74, 6) is 0.813. The van der Waals surface area contributed by atoms with Crippen LogP contribution in [-0.4, -0.2) is 37.0 Å². The third-order valence-electron chi connectivity index (χ3n) is 3.91. The van der Waals surface area contributed by atoms with E-state index in [1.807, 2.05) is 20.8 Å². The molecule has 1 aliphatic heterocycles. The molecule has 0 bridgehead atoms. The molecule has 0 saturated carbocycles. The molecule has 0 aromatic rings. The van der Waals surface area contributed by atoms with Crippen LogP contribution in [0.5, 0.6) is 0 Å². The van der Waals surface area contributed by atoms with E-state index < -0.39 is 0 Å². The Bertz CT molecular complexity index is 320. The van der Waals surface area contributed by atoms with Gasteiger partial charge in [0.05, 0.1) is 0 Å². The molecular weight excluding hydrogens is 236 g/mol. The molecule has 3 nitrogen and oxygen atoms in total. The zero-order valence-corrected chi connectivity index (χ0v) is 13.3. The Morgan fingerprint density at radius 3 is 2.37 bits per heavy atom. The van der Waals surface area contributed by atoms with Gasteiger partial charge in [-0.15, -0.1) is 0 Å². The second-order valence-electron chi connectivity index (χ2n) is 6.81. The van der Waals surface area contributed by atoms with Gasteiger partial charge in [-0.1, -0.05) is 32.4 Å². The highest BCUT2D eigenvalue weighted by atomic mass is 16.2. The molecule has 0 atom stereocenters. The third-order valence-corrected chi connectivity index (χ3v) is 3.91. The zero-order valence-electron chi connectivity index (χ0n) is 13.3. The highest BCUT2D eigenvalue weighted by molar-refractivity contribution is 5.81. The Balaban J connectivity index is 2.26. The van der Waals surface area contributed by atoms with E-state index in [1.54, 1.807) is 0 Å². The van der Waals surface area contributed by atoms with Crippen LogP contribution in [0.25, 0.3) is 0 Å². The lowest BCUT2D eigenvalue weighted by Gasteiger charge is -2.32. The maximum absolute atomic E-state index is 11.8. The molecule has 0 radical (unpaired) electrons. The van der Waals surface area contributed by atoms with Gasteiger partial charge in [-0.05, 0) is 45.7 Å². The zero-order chi connectivity index (χ0) is 14.5. The summed E-state index contributed by atoms with van der Waals surface area (Å²) >= 11 is 0. The third kappa shape index (κ3) is 5.77. The molecule has 1 N–H and O–H groups in total. The number of carbonyl (C=O) groups is 1. The number of piperidine rings is 1. The second-order valence-corrected chi connectivity index (χ2v) is 6.81. The summed E-state index contributed by atoms with van der Waals surface area (Å²) in [6.45, 7) is 14.4. The molecule has 3 heteroatoms. The number of hydrogen-bond donors (Lipinski definition) is 1. The first-order valence-electron chi connectivity index (χ1n) is 7.45. The molecule has 0 aromatic heterocycles. The van der Waals surface area contributed by atoms with Crippen molar-refractivity contribution in [3.63, 3.8) is 0 Å². The Hall–Kier alpha value is -0.830. The van der Waals surface area contributed by atoms with Crippen LogP contribution in [0.15, 0.2) is 11.6 Å². The summed E-state index contributed by atoms with van der Waals surface area (Å²) in [7, 11) is 0. The number of allylic oxidation sites excluding steroid dienone is 1. The van der Waals surface area contributed by atoms with E-state index in [1.165, 1.54) is 18.4 Å². The van der Waals surface area contributed by atoms with Crippen molar-refractivity contribution in [2.45, 2.75) is 47.5 Å². The summed E-state index contributed by atoms with van der Waals surface area (Å²) in [5.41, 5.74) is 1.17. The quantitative estimate of drug-likeness (QED) is 0.794. The molecule has 1 saturated heterocycles. The fraction of sp³-hybridized carbons (Fsp3) is 0.812. The van der Waals surface area contributed by atoms with Crippen molar-refractivity contribution in [3.8, 4) is 0 Å². The van der Waals surface area contributed by atoms with Crippen LogP contribution in [0.3, 0.4) is 0 Å². The fourth-order valence-electron chi connectivity index (χ4n) is 2.29. The lowest BCUT2D eigenvalue weighted by atomic mass is 9.93. The lowest BCUT2D eigenvalue weighted by molar-refractivity contribution is -0.128. The van der Waals surface area contributed by atoms with E-state index in [0.717, 1.165) is 26.2 Å². The molecule has 1 aliphatic rings. The molecule has 1 heterocycles. The average molecular weight is 266 g/mol. The first-order valence-corrected chi connectivity index (χ1v) is 7.45. The van der Waals surface area contributed by atoms with E-state index in [2.05, 4.69) is 30.1 Å². The maximum Gasteiger partial charge on any atom is 0.225 e. The van der Waals surface area contributed by atoms with Crippen molar-refractivity contribution in [2.75, 3.05) is 26.2 Å². The number of rotatable bonds is 4. The predicted molar refractivity (Wildman–Crippen MR) is 81.1 cm³/mol. The van der Waals surface area contributed by atoms with Gasteiger partial charge in [0.15, 0.2) is 0 Å². The van der Waals surface area contributed by atoms with E-state index in [-0.39, 0.29) is 11.3 Å². The fourth-order valence-corrected chi connectivity index (χ4v) is 2.29. The average Bonchev–Trinajstić information content (AvgIpc) is 2.36. The second kappa shape index (κ2) is 7.09. The van der Waals surface area contributed by atoms with Crippen LogP contribution in [0, 0.1) is 11.3 Å². The molecule has 110 valence electrons. The van der Waals surface area contributed by atoms with Crippen molar-refractivity contribution < 1.29 is 4.79 Å². The van der Waals surface area contributed by atoms with Crippen molar-refractivity contribution in [2.24, 2.45) is 11.3 Å². The highest BCUT2D eigenvalue weighted by Gasteiger charge is 2.23. The number of amides is 1. The SMILES string of the molecule is CC=C(C)CN1CCC(CNC(=O)C(C)(C)C)CC1. The van der Waals surface area contributed by atoms with Crippen molar-refractivity contribution in [3.05, 3.63) is 11.6 Å². The van der Waals surface area contributed by atoms with Crippen LogP contribution >= 0.6 is 0 Å². The molecule has 19 heavy (non-hydrogen) atoms. The van der Waals surface area contributed by atoms with Crippen LogP contribution < -0.4 is 5.32 Å². The van der Waals surface area contributed by atoms with Crippen LogP contribution in [0.2, 0.25) is 0 Å². The van der Waals surface area contributed by atoms with E-state index in [4.69, 9.17) is 0 Å². The summed E-state index contributed by atoms with van der Waals surface area (Å²) in [6.07, 6.45) is 4.58. The standard InChI is InChI=1S/C16H30N2O/c1-6-13(2)12-18-9-7-14(8-10-18)11-17-15(19)16(3,4)5/h6,14H,7-12H2,1-5H3,(H,17,19). The molecule has 1 fully saturated rings. The molecular formula is C16H30N2O. The van der Waals surface area contributed by atoms with Crippen LogP contribution in [0.4, 0.5) is 0 Å². The minimum absolute atomic E-state index is 0.166. The molecule has 0 unspecified atom stereocenters. The predicted octanol–water partition coefficient (Wildman–Crippen LogP) is 2.83. The van der Waals surface area contributed by atoms with Gasteiger partial charge in [0.25, 0.3) is 0 Å². The summed E-state index contributed by atoms with van der Waals surface area (Å²) in [6, 6.07) is 0. The Morgan fingerprint density at radius 1 is 1.32 bits per heavy atom. The molecule has 0 aromatic carbocycles. The first kappa shape index (κ1) is 16.2. The van der Waals surface area contributed by atoms with Crippen molar-refractivity contribution in [1.82, 2.24) is 10.2 Å². The Labute approximate surface area is 118 Å². The van der Waals surface area contributed by atoms with Crippen LogP contribution in [0.1, 0.15) is 47.5 Å². The number of hydrogen-bond acceptors (Lipinski definition) is 2. The molecule has 1 amide bonds. The van der Waals surface area contributed by atoms with Gasteiger partial charge in [-0.25, -0.2) is 0 Å². The number of likely N-dealkylation sites (tertiary alicyclic amines) is 1. The van der Waals surface area contributed by atoms with Crippen LogP contribution in [-0.2, 0) is 4.79 Å². The molecule has 1 rings (SSSR count). The van der Waals surface area contributed by atoms with E-state index >= 15 is 0 Å². The maximum atomic E-state index is 11.8. The lowest BCUT2D eigenvalue weighted by Crippen LogP contribution is -2.42. The van der Waals surface area contributed by atoms with Gasteiger partial charge in [-0.3, -0.25) is 9.69 Å². The van der Waals surface area contributed by atoms with E-state index in [0.29, 0.717) is 5.92 Å². The number of carbonyl (C=O) groups excluding carboxylic acids is 1. The van der Waals surface area contributed by atoms with Crippen molar-refractivity contribution >= 4 is 5.91 Å². The number of nitrogens with zero attached hydrogens (tertiary/aromatic N) is 1. The summed E-state index contributed by atoms with van der Waals surface area (Å²) in [5, 5.41) is 3.09. The smallest absolute Gasteiger partial charge is 0.225 e. The number of nitrogens with one attached hydrogen (secondary N) is 1. The van der Waals surface area contributed by atoms with Gasteiger partial charge >= 0.3 is 0 Å². The highest BCUT2D eigenvalue weighted by Crippen LogP contribution is 2.18. The van der Waals surface area contributed by atoms with Gasteiger partial charge < -0.3 is 5.32 Å². The van der Waals surface area contributed by atoms with Gasteiger partial charge in [-0.2, -0.15) is 0 Å². The molecule has 0 aliphatic carbocycles. The summed E-state index contributed by atoms with van der Waals surface area (Å²) < 4.78 is 0. The first-order chi connectivity index (χ1) is 8.82. The minimum Gasteiger partial charge on any atom is -0.355 e. The largest absolute Gasteiger partial charge is 0.355 e. The monoisotopic (exact) mass is 266 g/mol. The molecule has 0 spiro atoms. The minimum atomic E-state index is -0.274. The topological polar surface area (TPSA) is 32.3 Å².